The van der Waals surface area contributed by atoms with Crippen molar-refractivity contribution in [3.8, 4) is 0 Å². The van der Waals surface area contributed by atoms with Gasteiger partial charge in [0.1, 0.15) is 6.61 Å². The van der Waals surface area contributed by atoms with Crippen LogP contribution >= 0.6 is 0 Å². The summed E-state index contributed by atoms with van der Waals surface area (Å²) in [6.07, 6.45) is 82.5. The number of carbonyl (C=O) groups excluding carboxylic acids is 2. The van der Waals surface area contributed by atoms with Crippen molar-refractivity contribution in [3.63, 3.8) is 0 Å². The molecule has 0 heterocycles. The first-order valence-electron chi connectivity index (χ1n) is 29.4. The highest BCUT2D eigenvalue weighted by Gasteiger charge is 2.17. The largest absolute Gasteiger partial charge is 0.462 e. The van der Waals surface area contributed by atoms with Crippen LogP contribution in [0.1, 0.15) is 265 Å². The number of allylic oxidation sites excluding steroid dienone is 18. The highest BCUT2D eigenvalue weighted by atomic mass is 16.6. The maximum atomic E-state index is 12.9. The molecular weight excluding hydrogens is 861 g/mol. The van der Waals surface area contributed by atoms with Gasteiger partial charge < -0.3 is 14.2 Å². The molecule has 0 rings (SSSR count). The van der Waals surface area contributed by atoms with Crippen LogP contribution < -0.4 is 0 Å². The zero-order valence-electron chi connectivity index (χ0n) is 46.0. The summed E-state index contributed by atoms with van der Waals surface area (Å²) >= 11 is 0. The topological polar surface area (TPSA) is 61.8 Å². The van der Waals surface area contributed by atoms with Crippen molar-refractivity contribution in [3.05, 3.63) is 109 Å². The van der Waals surface area contributed by atoms with Crippen molar-refractivity contribution in [1.82, 2.24) is 0 Å². The van der Waals surface area contributed by atoms with E-state index in [0.29, 0.717) is 19.4 Å². The first-order valence-corrected chi connectivity index (χ1v) is 29.4. The molecule has 0 aliphatic carbocycles. The summed E-state index contributed by atoms with van der Waals surface area (Å²) in [5.74, 6) is -0.467. The van der Waals surface area contributed by atoms with Gasteiger partial charge in [-0.2, -0.15) is 0 Å². The van der Waals surface area contributed by atoms with Gasteiger partial charge >= 0.3 is 11.9 Å². The highest BCUT2D eigenvalue weighted by molar-refractivity contribution is 5.70. The molecule has 0 unspecified atom stereocenters. The third-order valence-corrected chi connectivity index (χ3v) is 12.3. The second-order valence-corrected chi connectivity index (χ2v) is 19.2. The minimum Gasteiger partial charge on any atom is -0.462 e. The summed E-state index contributed by atoms with van der Waals surface area (Å²) in [6, 6.07) is 0. The Morgan fingerprint density at radius 1 is 0.329 bits per heavy atom. The van der Waals surface area contributed by atoms with E-state index < -0.39 is 6.10 Å². The van der Waals surface area contributed by atoms with Crippen LogP contribution in [0.2, 0.25) is 0 Å². The summed E-state index contributed by atoms with van der Waals surface area (Å²) in [6.45, 7) is 7.64. The number of unbranched alkanes of at least 4 members (excludes halogenated alkanes) is 24. The molecule has 0 saturated heterocycles. The van der Waals surface area contributed by atoms with Gasteiger partial charge in [-0.15, -0.1) is 0 Å². The molecule has 0 radical (unpaired) electrons. The average molecular weight is 972 g/mol. The Balaban J connectivity index is 4.41. The zero-order valence-corrected chi connectivity index (χ0v) is 46.0. The lowest BCUT2D eigenvalue weighted by Crippen LogP contribution is -2.30. The van der Waals surface area contributed by atoms with Crippen LogP contribution in [0.25, 0.3) is 0 Å². The molecule has 0 bridgehead atoms. The number of rotatable bonds is 53. The standard InChI is InChI=1S/C65H110O5/c1-4-7-10-13-16-19-22-25-28-31-33-35-37-40-43-46-49-52-55-58-64(66)69-62-63(61-68-60-57-54-51-48-45-42-39-30-27-24-21-18-15-12-9-6-3)70-65(67)59-56-53-50-47-44-41-38-36-34-32-29-26-23-20-17-14-11-8-5-2/h7,10,16-17,19-20,25-26,28-29,33-36,40-41,43-44,63H,4-6,8-9,11-15,18,21-24,27,30-32,37-39,42,45-62H2,1-3H3/b10-7-,19-16-,20-17-,28-25-,29-26-,35-33-,36-34-,43-40-,44-41-/t63-/m1/s1. The smallest absolute Gasteiger partial charge is 0.306 e. The molecule has 0 saturated carbocycles. The van der Waals surface area contributed by atoms with E-state index in [9.17, 15) is 9.59 Å². The van der Waals surface area contributed by atoms with E-state index in [0.717, 1.165) is 116 Å². The summed E-state index contributed by atoms with van der Waals surface area (Å²) in [4.78, 5) is 25.5. The maximum absolute atomic E-state index is 12.9. The quantitative estimate of drug-likeness (QED) is 0.0345. The SMILES string of the molecule is CC/C=C\C/C=C\C/C=C\C/C=C\C/C=C\CCCCCC(=O)OC[C@@H](COCCCCCCCCCCCCCCCCCC)OC(=O)CCCCC/C=C\C/C=C\C/C=C\C/C=C\CCCCC. The third-order valence-electron chi connectivity index (χ3n) is 12.3. The van der Waals surface area contributed by atoms with Crippen LogP contribution in [-0.2, 0) is 23.8 Å². The van der Waals surface area contributed by atoms with Crippen LogP contribution in [0.3, 0.4) is 0 Å². The molecule has 5 nitrogen and oxygen atoms in total. The van der Waals surface area contributed by atoms with Gasteiger partial charge in [-0.1, -0.05) is 252 Å². The fourth-order valence-electron chi connectivity index (χ4n) is 7.93. The van der Waals surface area contributed by atoms with E-state index in [-0.39, 0.29) is 25.2 Å². The van der Waals surface area contributed by atoms with Crippen LogP contribution in [0.5, 0.6) is 0 Å². The number of hydrogen-bond donors (Lipinski definition) is 0. The highest BCUT2D eigenvalue weighted by Crippen LogP contribution is 2.15. The van der Waals surface area contributed by atoms with Gasteiger partial charge in [0.2, 0.25) is 0 Å². The minimum atomic E-state index is -0.573. The van der Waals surface area contributed by atoms with E-state index in [4.69, 9.17) is 14.2 Å². The Hall–Kier alpha value is -3.44. The van der Waals surface area contributed by atoms with Gasteiger partial charge in [0.15, 0.2) is 6.10 Å². The van der Waals surface area contributed by atoms with Crippen LogP contribution in [0, 0.1) is 0 Å². The fraction of sp³-hybridized carbons (Fsp3) is 0.692. The van der Waals surface area contributed by atoms with Crippen LogP contribution in [0.4, 0.5) is 0 Å². The van der Waals surface area contributed by atoms with Gasteiger partial charge in [-0.25, -0.2) is 0 Å². The molecule has 0 aliphatic rings. The van der Waals surface area contributed by atoms with Crippen molar-refractivity contribution < 1.29 is 23.8 Å². The van der Waals surface area contributed by atoms with E-state index in [1.807, 2.05) is 0 Å². The van der Waals surface area contributed by atoms with Crippen molar-refractivity contribution >= 4 is 11.9 Å². The first kappa shape index (κ1) is 66.6. The van der Waals surface area contributed by atoms with Gasteiger partial charge in [0, 0.05) is 19.4 Å². The molecule has 0 aliphatic heterocycles. The first-order chi connectivity index (χ1) is 34.6. The van der Waals surface area contributed by atoms with E-state index in [2.05, 4.69) is 130 Å². The van der Waals surface area contributed by atoms with E-state index in [1.165, 1.54) is 116 Å². The molecule has 1 atom stereocenters. The van der Waals surface area contributed by atoms with Gasteiger partial charge in [0.25, 0.3) is 0 Å². The molecule has 0 aromatic heterocycles. The molecule has 5 heteroatoms. The molecule has 70 heavy (non-hydrogen) atoms. The molecular formula is C65H110O5. The van der Waals surface area contributed by atoms with Gasteiger partial charge in [-0.05, 0) is 109 Å². The zero-order chi connectivity index (χ0) is 50.6. The molecule has 0 aromatic carbocycles. The minimum absolute atomic E-state index is 0.0512. The maximum Gasteiger partial charge on any atom is 0.306 e. The summed E-state index contributed by atoms with van der Waals surface area (Å²) in [5, 5.41) is 0. The predicted molar refractivity (Wildman–Crippen MR) is 306 cm³/mol. The second kappa shape index (κ2) is 59.9. The number of ether oxygens (including phenoxy) is 3. The monoisotopic (exact) mass is 971 g/mol. The van der Waals surface area contributed by atoms with Gasteiger partial charge in [-0.3, -0.25) is 9.59 Å². The molecule has 0 spiro atoms. The van der Waals surface area contributed by atoms with E-state index >= 15 is 0 Å². The molecule has 0 fully saturated rings. The summed E-state index contributed by atoms with van der Waals surface area (Å²) < 4.78 is 17.4. The van der Waals surface area contributed by atoms with Crippen molar-refractivity contribution in [1.29, 1.82) is 0 Å². The summed E-state index contributed by atoms with van der Waals surface area (Å²) in [7, 11) is 0. The Morgan fingerprint density at radius 3 is 1.04 bits per heavy atom. The number of esters is 2. The number of carbonyl (C=O) groups is 2. The lowest BCUT2D eigenvalue weighted by atomic mass is 10.0. The normalized spacial score (nSPS) is 13.0. The van der Waals surface area contributed by atoms with Crippen LogP contribution in [0.15, 0.2) is 109 Å². The van der Waals surface area contributed by atoms with Crippen molar-refractivity contribution in [2.45, 2.75) is 271 Å². The Labute approximate surface area is 434 Å². The predicted octanol–water partition coefficient (Wildman–Crippen LogP) is 20.3. The lowest BCUT2D eigenvalue weighted by Gasteiger charge is -2.18. The lowest BCUT2D eigenvalue weighted by molar-refractivity contribution is -0.163. The summed E-state index contributed by atoms with van der Waals surface area (Å²) in [5.41, 5.74) is 0. The number of hydrogen-bond acceptors (Lipinski definition) is 5. The Morgan fingerprint density at radius 2 is 0.643 bits per heavy atom. The van der Waals surface area contributed by atoms with Crippen LogP contribution in [-0.4, -0.2) is 37.9 Å². The Bertz CT molecular complexity index is 1380. The average Bonchev–Trinajstić information content (AvgIpc) is 3.36. The van der Waals surface area contributed by atoms with Crippen molar-refractivity contribution in [2.24, 2.45) is 0 Å². The molecule has 0 amide bonds. The van der Waals surface area contributed by atoms with Crippen molar-refractivity contribution in [2.75, 3.05) is 19.8 Å². The fourth-order valence-corrected chi connectivity index (χ4v) is 7.93. The molecule has 400 valence electrons. The second-order valence-electron chi connectivity index (χ2n) is 19.2. The molecule has 0 aromatic rings. The third kappa shape index (κ3) is 57.1. The van der Waals surface area contributed by atoms with Gasteiger partial charge in [0.05, 0.1) is 6.61 Å². The molecule has 0 N–H and O–H groups in total. The van der Waals surface area contributed by atoms with E-state index in [1.54, 1.807) is 0 Å². The Kier molecular flexibility index (Phi) is 56.9.